The molecule has 1 aromatic rings. The number of hydrogen-bond donors (Lipinski definition) is 1. The smallest absolute Gasteiger partial charge is 0.0446 e. The van der Waals surface area contributed by atoms with Crippen molar-refractivity contribution in [2.24, 2.45) is 0 Å². The summed E-state index contributed by atoms with van der Waals surface area (Å²) < 4.78 is 0. The van der Waals surface area contributed by atoms with Gasteiger partial charge >= 0.3 is 0 Å². The van der Waals surface area contributed by atoms with Gasteiger partial charge in [0, 0.05) is 18.6 Å². The van der Waals surface area contributed by atoms with E-state index >= 15 is 0 Å². The van der Waals surface area contributed by atoms with E-state index in [1.807, 2.05) is 0 Å². The molecule has 1 aliphatic heterocycles. The van der Waals surface area contributed by atoms with Crippen molar-refractivity contribution in [2.45, 2.75) is 31.8 Å². The zero-order chi connectivity index (χ0) is 11.4. The fourth-order valence-corrected chi connectivity index (χ4v) is 2.55. The minimum absolute atomic E-state index is 0.460. The van der Waals surface area contributed by atoms with Crippen molar-refractivity contribution in [2.75, 3.05) is 20.1 Å². The predicted octanol–water partition coefficient (Wildman–Crippen LogP) is 2.43. The van der Waals surface area contributed by atoms with E-state index in [2.05, 4.69) is 54.5 Å². The van der Waals surface area contributed by atoms with Gasteiger partial charge in [-0.1, -0.05) is 30.3 Å². The number of benzene rings is 1. The lowest BCUT2D eigenvalue weighted by Crippen LogP contribution is -2.35. The summed E-state index contributed by atoms with van der Waals surface area (Å²) in [5.74, 6) is 0. The standard InChI is InChI=1S/C14H22N2/c1-12-7-6-10-16(12)11-14(15-2)13-8-4-3-5-9-13/h3-5,8-9,12,14-15H,6-7,10-11H2,1-2H3. The third-order valence-corrected chi connectivity index (χ3v) is 3.66. The zero-order valence-corrected chi connectivity index (χ0v) is 10.3. The van der Waals surface area contributed by atoms with Crippen LogP contribution in [-0.2, 0) is 0 Å². The average Bonchev–Trinajstić information content (AvgIpc) is 2.73. The van der Waals surface area contributed by atoms with E-state index in [1.54, 1.807) is 0 Å². The Morgan fingerprint density at radius 3 is 2.69 bits per heavy atom. The second-order valence-electron chi connectivity index (χ2n) is 4.74. The minimum atomic E-state index is 0.460. The van der Waals surface area contributed by atoms with Gasteiger partial charge in [0.25, 0.3) is 0 Å². The van der Waals surface area contributed by atoms with E-state index in [4.69, 9.17) is 0 Å². The van der Waals surface area contributed by atoms with Crippen LogP contribution in [0.2, 0.25) is 0 Å². The molecule has 88 valence electrons. The van der Waals surface area contributed by atoms with Crippen LogP contribution in [0, 0.1) is 0 Å². The molecule has 2 unspecified atom stereocenters. The van der Waals surface area contributed by atoms with Gasteiger partial charge in [-0.05, 0) is 38.9 Å². The van der Waals surface area contributed by atoms with Crippen LogP contribution in [0.25, 0.3) is 0 Å². The maximum absolute atomic E-state index is 3.42. The van der Waals surface area contributed by atoms with E-state index < -0.39 is 0 Å². The fraction of sp³-hybridized carbons (Fsp3) is 0.571. The lowest BCUT2D eigenvalue weighted by Gasteiger charge is -2.27. The highest BCUT2D eigenvalue weighted by atomic mass is 15.2. The van der Waals surface area contributed by atoms with E-state index in [1.165, 1.54) is 24.9 Å². The highest BCUT2D eigenvalue weighted by Gasteiger charge is 2.23. The predicted molar refractivity (Wildman–Crippen MR) is 68.5 cm³/mol. The lowest BCUT2D eigenvalue weighted by molar-refractivity contribution is 0.241. The maximum atomic E-state index is 3.42. The topological polar surface area (TPSA) is 15.3 Å². The summed E-state index contributed by atoms with van der Waals surface area (Å²) in [5.41, 5.74) is 1.39. The normalized spacial score (nSPS) is 23.5. The molecule has 0 spiro atoms. The molecule has 0 saturated carbocycles. The van der Waals surface area contributed by atoms with Crippen LogP contribution >= 0.6 is 0 Å². The minimum Gasteiger partial charge on any atom is -0.312 e. The highest BCUT2D eigenvalue weighted by Crippen LogP contribution is 2.21. The Balaban J connectivity index is 2.00. The number of nitrogens with zero attached hydrogens (tertiary/aromatic N) is 1. The van der Waals surface area contributed by atoms with Crippen LogP contribution in [0.15, 0.2) is 30.3 Å². The lowest BCUT2D eigenvalue weighted by atomic mass is 10.1. The molecule has 1 N–H and O–H groups in total. The van der Waals surface area contributed by atoms with Gasteiger partial charge in [0.05, 0.1) is 0 Å². The number of hydrogen-bond acceptors (Lipinski definition) is 2. The molecule has 1 heterocycles. The monoisotopic (exact) mass is 218 g/mol. The van der Waals surface area contributed by atoms with Crippen LogP contribution < -0.4 is 5.32 Å². The molecular weight excluding hydrogens is 196 g/mol. The van der Waals surface area contributed by atoms with Gasteiger partial charge in [0.1, 0.15) is 0 Å². The first-order valence-corrected chi connectivity index (χ1v) is 6.27. The molecule has 0 bridgehead atoms. The maximum Gasteiger partial charge on any atom is 0.0446 e. The molecule has 1 fully saturated rings. The fourth-order valence-electron chi connectivity index (χ4n) is 2.55. The van der Waals surface area contributed by atoms with Gasteiger partial charge < -0.3 is 5.32 Å². The Morgan fingerprint density at radius 2 is 2.12 bits per heavy atom. The van der Waals surface area contributed by atoms with Crippen molar-refractivity contribution in [1.82, 2.24) is 10.2 Å². The SMILES string of the molecule is CNC(CN1CCCC1C)c1ccccc1. The Kier molecular flexibility index (Phi) is 3.97. The van der Waals surface area contributed by atoms with E-state index in [-0.39, 0.29) is 0 Å². The molecule has 0 aliphatic carbocycles. The van der Waals surface area contributed by atoms with Gasteiger partial charge in [-0.25, -0.2) is 0 Å². The highest BCUT2D eigenvalue weighted by molar-refractivity contribution is 5.19. The molecule has 2 atom stereocenters. The second kappa shape index (κ2) is 5.46. The number of likely N-dealkylation sites (N-methyl/N-ethyl adjacent to an activating group) is 1. The Labute approximate surface area is 98.7 Å². The molecule has 1 saturated heterocycles. The largest absolute Gasteiger partial charge is 0.312 e. The van der Waals surface area contributed by atoms with E-state index in [0.717, 1.165) is 12.6 Å². The van der Waals surface area contributed by atoms with Gasteiger partial charge in [0.2, 0.25) is 0 Å². The average molecular weight is 218 g/mol. The molecule has 2 nitrogen and oxygen atoms in total. The van der Waals surface area contributed by atoms with Crippen LogP contribution in [0.4, 0.5) is 0 Å². The van der Waals surface area contributed by atoms with Crippen molar-refractivity contribution in [1.29, 1.82) is 0 Å². The summed E-state index contributed by atoms with van der Waals surface area (Å²) in [7, 11) is 2.05. The molecule has 0 amide bonds. The third-order valence-electron chi connectivity index (χ3n) is 3.66. The summed E-state index contributed by atoms with van der Waals surface area (Å²) >= 11 is 0. The Bertz CT molecular complexity index is 310. The van der Waals surface area contributed by atoms with Crippen LogP contribution in [0.3, 0.4) is 0 Å². The molecule has 1 aliphatic rings. The molecule has 0 aromatic heterocycles. The summed E-state index contributed by atoms with van der Waals surface area (Å²) in [5, 5.41) is 3.42. The van der Waals surface area contributed by atoms with Crippen molar-refractivity contribution in [3.8, 4) is 0 Å². The van der Waals surface area contributed by atoms with Gasteiger partial charge in [-0.2, -0.15) is 0 Å². The summed E-state index contributed by atoms with van der Waals surface area (Å²) in [6.45, 7) is 4.72. The van der Waals surface area contributed by atoms with Crippen LogP contribution in [0.1, 0.15) is 31.4 Å². The van der Waals surface area contributed by atoms with E-state index in [9.17, 15) is 0 Å². The molecule has 2 heteroatoms. The van der Waals surface area contributed by atoms with Crippen molar-refractivity contribution in [3.05, 3.63) is 35.9 Å². The van der Waals surface area contributed by atoms with Gasteiger partial charge in [-0.15, -0.1) is 0 Å². The molecule has 0 radical (unpaired) electrons. The van der Waals surface area contributed by atoms with Crippen molar-refractivity contribution < 1.29 is 0 Å². The number of nitrogens with one attached hydrogen (secondary N) is 1. The summed E-state index contributed by atoms with van der Waals surface area (Å²) in [6, 6.07) is 11.9. The van der Waals surface area contributed by atoms with Gasteiger partial charge in [0.15, 0.2) is 0 Å². The molecule has 1 aromatic carbocycles. The Morgan fingerprint density at radius 1 is 1.38 bits per heavy atom. The second-order valence-corrected chi connectivity index (χ2v) is 4.74. The van der Waals surface area contributed by atoms with Crippen molar-refractivity contribution >= 4 is 0 Å². The summed E-state index contributed by atoms with van der Waals surface area (Å²) in [6.07, 6.45) is 2.71. The number of rotatable bonds is 4. The first-order chi connectivity index (χ1) is 7.81. The third kappa shape index (κ3) is 2.63. The first kappa shape index (κ1) is 11.6. The van der Waals surface area contributed by atoms with Crippen LogP contribution in [-0.4, -0.2) is 31.1 Å². The van der Waals surface area contributed by atoms with Gasteiger partial charge in [-0.3, -0.25) is 4.90 Å². The molecular formula is C14H22N2. The van der Waals surface area contributed by atoms with Crippen molar-refractivity contribution in [3.63, 3.8) is 0 Å². The quantitative estimate of drug-likeness (QED) is 0.835. The summed E-state index contributed by atoms with van der Waals surface area (Å²) in [4.78, 5) is 2.59. The first-order valence-electron chi connectivity index (χ1n) is 6.27. The molecule has 16 heavy (non-hydrogen) atoms. The number of likely N-dealkylation sites (tertiary alicyclic amines) is 1. The Hall–Kier alpha value is -0.860. The zero-order valence-electron chi connectivity index (χ0n) is 10.3. The van der Waals surface area contributed by atoms with Crippen LogP contribution in [0.5, 0.6) is 0 Å². The van der Waals surface area contributed by atoms with E-state index in [0.29, 0.717) is 6.04 Å². The molecule has 2 rings (SSSR count).